The number of methoxy groups -OCH3 is 1. The number of hydrogen-bond acceptors (Lipinski definition) is 5. The summed E-state index contributed by atoms with van der Waals surface area (Å²) in [5.74, 6) is 0.931. The Kier molecular flexibility index (Phi) is 5.55. The fraction of sp³-hybridized carbons (Fsp3) is 0.375. The number of carbonyl (C=O) groups is 1. The van der Waals surface area contributed by atoms with Gasteiger partial charge in [-0.2, -0.15) is 0 Å². The molecule has 2 rings (SSSR count). The highest BCUT2D eigenvalue weighted by molar-refractivity contribution is 5.91. The van der Waals surface area contributed by atoms with Gasteiger partial charge in [0.25, 0.3) is 5.91 Å². The highest BCUT2D eigenvalue weighted by Gasteiger charge is 2.15. The topological polar surface area (TPSA) is 90.4 Å². The average molecular weight is 303 g/mol. The number of benzene rings is 1. The van der Waals surface area contributed by atoms with Crippen LogP contribution in [0.5, 0.6) is 5.75 Å². The number of rotatable bonds is 7. The maximum absolute atomic E-state index is 12.0. The number of carbonyl (C=O) groups excluding carboxylic acids is 1. The first-order chi connectivity index (χ1) is 10.7. The van der Waals surface area contributed by atoms with Gasteiger partial charge in [0.2, 0.25) is 5.89 Å². The summed E-state index contributed by atoms with van der Waals surface area (Å²) in [7, 11) is 1.63. The largest absolute Gasteiger partial charge is 0.496 e. The second-order valence-electron chi connectivity index (χ2n) is 4.90. The normalized spacial score (nSPS) is 12.0. The fourth-order valence-electron chi connectivity index (χ4n) is 2.05. The van der Waals surface area contributed by atoms with Gasteiger partial charge in [0.15, 0.2) is 5.69 Å². The van der Waals surface area contributed by atoms with Gasteiger partial charge < -0.3 is 20.2 Å². The Bertz CT molecular complexity index is 625. The zero-order valence-electron chi connectivity index (χ0n) is 12.8. The van der Waals surface area contributed by atoms with Gasteiger partial charge in [0.1, 0.15) is 12.0 Å². The lowest BCUT2D eigenvalue weighted by Crippen LogP contribution is -2.26. The maximum Gasteiger partial charge on any atom is 0.273 e. The Hall–Kier alpha value is -2.34. The zero-order chi connectivity index (χ0) is 15.9. The van der Waals surface area contributed by atoms with Gasteiger partial charge in [0, 0.05) is 6.54 Å². The highest BCUT2D eigenvalue weighted by atomic mass is 16.5. The molecule has 118 valence electrons. The van der Waals surface area contributed by atoms with Gasteiger partial charge in [-0.1, -0.05) is 25.1 Å². The number of hydrogen-bond donors (Lipinski definition) is 2. The molecule has 0 fully saturated rings. The van der Waals surface area contributed by atoms with E-state index in [9.17, 15) is 4.79 Å². The number of nitrogens with zero attached hydrogens (tertiary/aromatic N) is 1. The molecule has 0 aliphatic carbocycles. The number of nitrogens with one attached hydrogen (secondary N) is 1. The van der Waals surface area contributed by atoms with E-state index >= 15 is 0 Å². The molecule has 0 saturated heterocycles. The Morgan fingerprint density at radius 1 is 1.45 bits per heavy atom. The molecule has 1 aromatic heterocycles. The van der Waals surface area contributed by atoms with Gasteiger partial charge in [0.05, 0.1) is 13.2 Å². The van der Waals surface area contributed by atoms with E-state index in [2.05, 4.69) is 10.3 Å². The lowest BCUT2D eigenvalue weighted by molar-refractivity contribution is 0.0949. The van der Waals surface area contributed by atoms with Crippen molar-refractivity contribution in [3.8, 4) is 5.75 Å². The molecule has 0 radical (unpaired) electrons. The van der Waals surface area contributed by atoms with Crippen LogP contribution in [0.15, 0.2) is 34.9 Å². The second-order valence-corrected chi connectivity index (χ2v) is 4.90. The van der Waals surface area contributed by atoms with Crippen molar-refractivity contribution in [2.24, 2.45) is 5.73 Å². The van der Waals surface area contributed by atoms with Crippen LogP contribution in [0.25, 0.3) is 0 Å². The summed E-state index contributed by atoms with van der Waals surface area (Å²) in [4.78, 5) is 16.1. The molecule has 3 N–H and O–H groups in total. The minimum atomic E-state index is -0.282. The molecular weight excluding hydrogens is 282 g/mol. The van der Waals surface area contributed by atoms with Crippen LogP contribution in [0.3, 0.4) is 0 Å². The summed E-state index contributed by atoms with van der Waals surface area (Å²) < 4.78 is 10.5. The zero-order valence-corrected chi connectivity index (χ0v) is 12.8. The summed E-state index contributed by atoms with van der Waals surface area (Å²) in [6, 6.07) is 7.44. The van der Waals surface area contributed by atoms with Crippen molar-refractivity contribution in [3.63, 3.8) is 0 Å². The molecule has 0 spiro atoms. The standard InChI is InChI=1S/C16H21N3O3/c1-3-12(17)16-19-13(10-22-16)15(20)18-9-8-11-6-4-5-7-14(11)21-2/h4-7,10,12H,3,8-9,17H2,1-2H3,(H,18,20). The molecule has 0 bridgehead atoms. The Balaban J connectivity index is 1.89. The Morgan fingerprint density at radius 3 is 2.95 bits per heavy atom. The van der Waals surface area contributed by atoms with Gasteiger partial charge >= 0.3 is 0 Å². The van der Waals surface area contributed by atoms with E-state index < -0.39 is 0 Å². The van der Waals surface area contributed by atoms with Gasteiger partial charge in [-0.15, -0.1) is 0 Å². The smallest absolute Gasteiger partial charge is 0.273 e. The van der Waals surface area contributed by atoms with Gasteiger partial charge in [-0.3, -0.25) is 4.79 Å². The van der Waals surface area contributed by atoms with Crippen LogP contribution in [0.4, 0.5) is 0 Å². The van der Waals surface area contributed by atoms with Crippen LogP contribution in [0, 0.1) is 0 Å². The summed E-state index contributed by atoms with van der Waals surface area (Å²) >= 11 is 0. The quantitative estimate of drug-likeness (QED) is 0.817. The highest BCUT2D eigenvalue weighted by Crippen LogP contribution is 2.17. The molecule has 6 heteroatoms. The third-order valence-electron chi connectivity index (χ3n) is 3.38. The SMILES string of the molecule is CCC(N)c1nc(C(=O)NCCc2ccccc2OC)co1. The maximum atomic E-state index is 12.0. The predicted octanol–water partition coefficient (Wildman–Crippen LogP) is 2.07. The molecule has 6 nitrogen and oxygen atoms in total. The molecule has 0 aliphatic heterocycles. The van der Waals surface area contributed by atoms with Gasteiger partial charge in [-0.25, -0.2) is 4.98 Å². The lowest BCUT2D eigenvalue weighted by Gasteiger charge is -2.08. The monoisotopic (exact) mass is 303 g/mol. The lowest BCUT2D eigenvalue weighted by atomic mass is 10.1. The molecule has 0 aliphatic rings. The third kappa shape index (κ3) is 3.85. The fourth-order valence-corrected chi connectivity index (χ4v) is 2.05. The third-order valence-corrected chi connectivity index (χ3v) is 3.38. The van der Waals surface area contributed by atoms with E-state index in [0.29, 0.717) is 25.3 Å². The molecule has 1 aromatic carbocycles. The average Bonchev–Trinajstić information content (AvgIpc) is 3.04. The van der Waals surface area contributed by atoms with Crippen LogP contribution in [-0.4, -0.2) is 24.5 Å². The minimum Gasteiger partial charge on any atom is -0.496 e. The van der Waals surface area contributed by atoms with Crippen molar-refractivity contribution >= 4 is 5.91 Å². The van der Waals surface area contributed by atoms with E-state index in [1.165, 1.54) is 6.26 Å². The van der Waals surface area contributed by atoms with Crippen LogP contribution < -0.4 is 15.8 Å². The Morgan fingerprint density at radius 2 is 2.23 bits per heavy atom. The minimum absolute atomic E-state index is 0.249. The van der Waals surface area contributed by atoms with Crippen LogP contribution in [-0.2, 0) is 6.42 Å². The number of para-hydroxylation sites is 1. The number of amides is 1. The number of oxazole rings is 1. The molecule has 1 heterocycles. The van der Waals surface area contributed by atoms with Crippen LogP contribution in [0.1, 0.15) is 41.3 Å². The second kappa shape index (κ2) is 7.61. The number of aromatic nitrogens is 1. The summed E-state index contributed by atoms with van der Waals surface area (Å²) in [5, 5.41) is 2.81. The first-order valence-electron chi connectivity index (χ1n) is 7.26. The van der Waals surface area contributed by atoms with Crippen LogP contribution >= 0.6 is 0 Å². The molecule has 1 atom stereocenters. The van der Waals surface area contributed by atoms with Crippen molar-refractivity contribution < 1.29 is 13.9 Å². The van der Waals surface area contributed by atoms with Crippen LogP contribution in [0.2, 0.25) is 0 Å². The molecule has 1 amide bonds. The number of ether oxygens (including phenoxy) is 1. The van der Waals surface area contributed by atoms with Crippen molar-refractivity contribution in [1.29, 1.82) is 0 Å². The number of nitrogens with two attached hydrogens (primary N) is 1. The van der Waals surface area contributed by atoms with E-state index in [4.69, 9.17) is 14.9 Å². The summed E-state index contributed by atoms with van der Waals surface area (Å²) in [5.41, 5.74) is 7.10. The van der Waals surface area contributed by atoms with E-state index in [1.54, 1.807) is 7.11 Å². The first-order valence-corrected chi connectivity index (χ1v) is 7.26. The summed E-state index contributed by atoms with van der Waals surface area (Å²) in [6.07, 6.45) is 2.72. The first kappa shape index (κ1) is 16.0. The molecule has 0 saturated carbocycles. The van der Waals surface area contributed by atoms with Crippen molar-refractivity contribution in [2.45, 2.75) is 25.8 Å². The summed E-state index contributed by atoms with van der Waals surface area (Å²) in [6.45, 7) is 2.42. The molecule has 2 aromatic rings. The Labute approximate surface area is 129 Å². The van der Waals surface area contributed by atoms with E-state index in [-0.39, 0.29) is 17.6 Å². The molecule has 1 unspecified atom stereocenters. The predicted molar refractivity (Wildman–Crippen MR) is 82.8 cm³/mol. The van der Waals surface area contributed by atoms with Crippen molar-refractivity contribution in [2.75, 3.05) is 13.7 Å². The van der Waals surface area contributed by atoms with Crippen molar-refractivity contribution in [1.82, 2.24) is 10.3 Å². The molecular formula is C16H21N3O3. The van der Waals surface area contributed by atoms with E-state index in [1.807, 2.05) is 31.2 Å². The van der Waals surface area contributed by atoms with Gasteiger partial charge in [-0.05, 0) is 24.5 Å². The molecule has 22 heavy (non-hydrogen) atoms. The van der Waals surface area contributed by atoms with Crippen molar-refractivity contribution in [3.05, 3.63) is 47.7 Å². The van der Waals surface area contributed by atoms with E-state index in [0.717, 1.165) is 11.3 Å².